The largest absolute Gasteiger partial charge is 0.482 e. The van der Waals surface area contributed by atoms with E-state index in [9.17, 15) is 4.79 Å². The van der Waals surface area contributed by atoms with Crippen molar-refractivity contribution in [2.45, 2.75) is 51.6 Å². The zero-order valence-corrected chi connectivity index (χ0v) is 10.4. The molecule has 0 saturated carbocycles. The highest BCUT2D eigenvalue weighted by molar-refractivity contribution is 5.84. The first-order chi connectivity index (χ1) is 8.31. The highest BCUT2D eigenvalue weighted by atomic mass is 16.5. The molecule has 0 aromatic heterocycles. The number of carbonyl (C=O) groups excluding carboxylic acids is 1. The van der Waals surface area contributed by atoms with E-state index in [0.29, 0.717) is 6.42 Å². The number of carbonyl (C=O) groups is 1. The van der Waals surface area contributed by atoms with Gasteiger partial charge in [-0.05, 0) is 18.1 Å². The van der Waals surface area contributed by atoms with Gasteiger partial charge in [-0.2, -0.15) is 0 Å². The summed E-state index contributed by atoms with van der Waals surface area (Å²) in [6, 6.07) is 7.93. The third-order valence-electron chi connectivity index (χ3n) is 3.28. The fraction of sp³-hybridized carbons (Fsp3) is 0.533. The van der Waals surface area contributed by atoms with Crippen LogP contribution >= 0.6 is 0 Å². The van der Waals surface area contributed by atoms with Crippen molar-refractivity contribution in [3.8, 4) is 5.75 Å². The minimum atomic E-state index is -0.228. The zero-order valence-electron chi connectivity index (χ0n) is 10.4. The SMILES string of the molecule is CCCCCCC(=O)C1Cc2ccccc2O1. The van der Waals surface area contributed by atoms with E-state index >= 15 is 0 Å². The first kappa shape index (κ1) is 12.2. The number of benzene rings is 1. The number of rotatable bonds is 6. The van der Waals surface area contributed by atoms with E-state index in [0.717, 1.165) is 25.0 Å². The molecule has 0 aliphatic carbocycles. The molecule has 2 rings (SSSR count). The molecular formula is C15H20O2. The van der Waals surface area contributed by atoms with E-state index in [1.165, 1.54) is 18.4 Å². The maximum atomic E-state index is 12.0. The van der Waals surface area contributed by atoms with Gasteiger partial charge >= 0.3 is 0 Å². The molecule has 1 aromatic carbocycles. The minimum Gasteiger partial charge on any atom is -0.482 e. The lowest BCUT2D eigenvalue weighted by Gasteiger charge is -2.09. The monoisotopic (exact) mass is 232 g/mol. The van der Waals surface area contributed by atoms with Crippen molar-refractivity contribution in [2.24, 2.45) is 0 Å². The highest BCUT2D eigenvalue weighted by Gasteiger charge is 2.27. The molecule has 92 valence electrons. The van der Waals surface area contributed by atoms with Crippen LogP contribution < -0.4 is 4.74 Å². The van der Waals surface area contributed by atoms with E-state index in [-0.39, 0.29) is 11.9 Å². The summed E-state index contributed by atoms with van der Waals surface area (Å²) in [5, 5.41) is 0. The summed E-state index contributed by atoms with van der Waals surface area (Å²) in [5.74, 6) is 1.15. The van der Waals surface area contributed by atoms with Crippen LogP contribution in [-0.2, 0) is 11.2 Å². The van der Waals surface area contributed by atoms with Gasteiger partial charge in [0.1, 0.15) is 5.75 Å². The summed E-state index contributed by atoms with van der Waals surface area (Å²) >= 11 is 0. The van der Waals surface area contributed by atoms with Crippen LogP contribution in [0.3, 0.4) is 0 Å². The Morgan fingerprint density at radius 3 is 2.88 bits per heavy atom. The van der Waals surface area contributed by atoms with Crippen LogP contribution in [0, 0.1) is 0 Å². The fourth-order valence-electron chi connectivity index (χ4n) is 2.25. The van der Waals surface area contributed by atoms with Crippen molar-refractivity contribution in [2.75, 3.05) is 0 Å². The van der Waals surface area contributed by atoms with Crippen molar-refractivity contribution in [3.05, 3.63) is 29.8 Å². The lowest BCUT2D eigenvalue weighted by atomic mass is 10.0. The van der Waals surface area contributed by atoms with Crippen LogP contribution in [0.5, 0.6) is 5.75 Å². The maximum Gasteiger partial charge on any atom is 0.173 e. The molecule has 1 aliphatic rings. The van der Waals surface area contributed by atoms with Gasteiger partial charge in [-0.25, -0.2) is 0 Å². The summed E-state index contributed by atoms with van der Waals surface area (Å²) in [4.78, 5) is 12.0. The van der Waals surface area contributed by atoms with Gasteiger partial charge < -0.3 is 4.74 Å². The topological polar surface area (TPSA) is 26.3 Å². The third-order valence-corrected chi connectivity index (χ3v) is 3.28. The molecule has 0 radical (unpaired) electrons. The number of ketones is 1. The Labute approximate surface area is 103 Å². The molecule has 2 nitrogen and oxygen atoms in total. The van der Waals surface area contributed by atoms with Crippen LogP contribution in [0.4, 0.5) is 0 Å². The molecule has 0 bridgehead atoms. The Kier molecular flexibility index (Phi) is 4.18. The Morgan fingerprint density at radius 2 is 2.12 bits per heavy atom. The van der Waals surface area contributed by atoms with Crippen molar-refractivity contribution < 1.29 is 9.53 Å². The van der Waals surface area contributed by atoms with Crippen LogP contribution in [0.25, 0.3) is 0 Å². The summed E-state index contributed by atoms with van der Waals surface area (Å²) < 4.78 is 5.68. The number of unbranched alkanes of at least 4 members (excludes halogenated alkanes) is 3. The normalized spacial score (nSPS) is 17.6. The predicted molar refractivity (Wildman–Crippen MR) is 68.3 cm³/mol. The van der Waals surface area contributed by atoms with Crippen molar-refractivity contribution in [1.82, 2.24) is 0 Å². The molecule has 0 N–H and O–H groups in total. The first-order valence-electron chi connectivity index (χ1n) is 6.58. The maximum absolute atomic E-state index is 12.0. The smallest absolute Gasteiger partial charge is 0.173 e. The average molecular weight is 232 g/mol. The molecule has 1 aliphatic heterocycles. The first-order valence-corrected chi connectivity index (χ1v) is 6.58. The van der Waals surface area contributed by atoms with E-state index in [4.69, 9.17) is 4.74 Å². The number of hydrogen-bond donors (Lipinski definition) is 0. The second-order valence-corrected chi connectivity index (χ2v) is 4.70. The van der Waals surface area contributed by atoms with Crippen LogP contribution in [0.1, 0.15) is 44.6 Å². The molecule has 0 saturated heterocycles. The highest BCUT2D eigenvalue weighted by Crippen LogP contribution is 2.29. The van der Waals surface area contributed by atoms with E-state index in [2.05, 4.69) is 6.92 Å². The predicted octanol–water partition coefficient (Wildman–Crippen LogP) is 3.53. The summed E-state index contributed by atoms with van der Waals surface area (Å²) in [7, 11) is 0. The van der Waals surface area contributed by atoms with Gasteiger partial charge in [-0.15, -0.1) is 0 Å². The van der Waals surface area contributed by atoms with Crippen molar-refractivity contribution in [3.63, 3.8) is 0 Å². The Balaban J connectivity index is 1.80. The van der Waals surface area contributed by atoms with Gasteiger partial charge in [-0.3, -0.25) is 4.79 Å². The summed E-state index contributed by atoms with van der Waals surface area (Å²) in [6.45, 7) is 2.18. The zero-order chi connectivity index (χ0) is 12.1. The van der Waals surface area contributed by atoms with E-state index in [1.54, 1.807) is 0 Å². The van der Waals surface area contributed by atoms with Gasteiger partial charge in [0.15, 0.2) is 11.9 Å². The number of hydrogen-bond acceptors (Lipinski definition) is 2. The minimum absolute atomic E-state index is 0.228. The van der Waals surface area contributed by atoms with Gasteiger partial charge in [0.2, 0.25) is 0 Å². The molecule has 0 fully saturated rings. The number of ether oxygens (including phenoxy) is 1. The second-order valence-electron chi connectivity index (χ2n) is 4.70. The molecule has 1 unspecified atom stereocenters. The van der Waals surface area contributed by atoms with Crippen LogP contribution in [0.2, 0.25) is 0 Å². The molecule has 17 heavy (non-hydrogen) atoms. The van der Waals surface area contributed by atoms with Crippen LogP contribution in [0.15, 0.2) is 24.3 Å². The average Bonchev–Trinajstić information content (AvgIpc) is 2.78. The fourth-order valence-corrected chi connectivity index (χ4v) is 2.25. The lowest BCUT2D eigenvalue weighted by Crippen LogP contribution is -2.24. The Bertz CT molecular complexity index is 359. The van der Waals surface area contributed by atoms with Gasteiger partial charge in [0.25, 0.3) is 0 Å². The molecule has 1 heterocycles. The quantitative estimate of drug-likeness (QED) is 0.701. The number of Topliss-reactive ketones (excluding diaryl/α,β-unsaturated/α-hetero) is 1. The molecule has 1 aromatic rings. The summed E-state index contributed by atoms with van der Waals surface area (Å²) in [6.07, 6.45) is 5.78. The number of para-hydroxylation sites is 1. The third kappa shape index (κ3) is 3.09. The molecule has 1 atom stereocenters. The molecule has 0 amide bonds. The number of fused-ring (bicyclic) bond motifs is 1. The van der Waals surface area contributed by atoms with Gasteiger partial charge in [-0.1, -0.05) is 44.4 Å². The standard InChI is InChI=1S/C15H20O2/c1-2-3-4-5-9-13(16)15-11-12-8-6-7-10-14(12)17-15/h6-8,10,15H,2-5,9,11H2,1H3. The van der Waals surface area contributed by atoms with Crippen molar-refractivity contribution in [1.29, 1.82) is 0 Å². The molecular weight excluding hydrogens is 212 g/mol. The van der Waals surface area contributed by atoms with Gasteiger partial charge in [0, 0.05) is 12.8 Å². The molecule has 0 spiro atoms. The Morgan fingerprint density at radius 1 is 1.29 bits per heavy atom. The van der Waals surface area contributed by atoms with Crippen LogP contribution in [-0.4, -0.2) is 11.9 Å². The van der Waals surface area contributed by atoms with E-state index in [1.807, 2.05) is 24.3 Å². The van der Waals surface area contributed by atoms with E-state index < -0.39 is 0 Å². The second kappa shape index (κ2) is 5.85. The van der Waals surface area contributed by atoms with Gasteiger partial charge in [0.05, 0.1) is 0 Å². The van der Waals surface area contributed by atoms with Crippen molar-refractivity contribution >= 4 is 5.78 Å². The lowest BCUT2D eigenvalue weighted by molar-refractivity contribution is -0.125. The Hall–Kier alpha value is -1.31. The summed E-state index contributed by atoms with van der Waals surface area (Å²) in [5.41, 5.74) is 1.17. The molecule has 2 heteroatoms.